The molecule has 9 nitrogen and oxygen atoms in total. The van der Waals surface area contributed by atoms with Crippen molar-refractivity contribution in [3.8, 4) is 5.75 Å². The minimum atomic E-state index is -0.554. The number of nitrogens with one attached hydrogen (secondary N) is 5. The van der Waals surface area contributed by atoms with Gasteiger partial charge in [-0.2, -0.15) is 0 Å². The predicted octanol–water partition coefficient (Wildman–Crippen LogP) is 2.11. The second kappa shape index (κ2) is 12.4. The molecule has 0 saturated carbocycles. The fraction of sp³-hybridized carbons (Fsp3) is 0.552. The number of ether oxygens (including phenoxy) is 1. The second-order valence-corrected chi connectivity index (χ2v) is 11.4. The van der Waals surface area contributed by atoms with Crippen LogP contribution >= 0.6 is 0 Å². The van der Waals surface area contributed by atoms with E-state index in [0.29, 0.717) is 36.4 Å². The number of piperazine rings is 1. The summed E-state index contributed by atoms with van der Waals surface area (Å²) in [7, 11) is 3.68. The molecule has 3 heterocycles. The molecule has 0 radical (unpaired) electrons. The molecule has 11 heteroatoms. The van der Waals surface area contributed by atoms with Gasteiger partial charge in [0.1, 0.15) is 17.4 Å². The molecule has 5 N–H and O–H groups in total. The zero-order chi connectivity index (χ0) is 28.4. The number of likely N-dealkylation sites (N-methyl/N-ethyl adjacent to an activating group) is 1. The molecule has 2 aromatic rings. The number of amides is 1. The Balaban J connectivity index is 1.26. The average Bonchev–Trinajstić information content (AvgIpc) is 3.33. The SMILES string of the molecule is COc1cc(N2CCN(C)CC2)ccc1C(=O)NC1NNC2CNC(c3c(F)cc(CNC(C)C)cc3F)CC21. The summed E-state index contributed by atoms with van der Waals surface area (Å²) >= 11 is 0. The number of hydrazine groups is 1. The minimum absolute atomic E-state index is 0.00342. The third-order valence-corrected chi connectivity index (χ3v) is 8.25. The summed E-state index contributed by atoms with van der Waals surface area (Å²) in [6.45, 7) is 8.68. The van der Waals surface area contributed by atoms with Crippen LogP contribution in [0, 0.1) is 17.6 Å². The molecule has 3 saturated heterocycles. The first-order chi connectivity index (χ1) is 19.2. The van der Waals surface area contributed by atoms with E-state index in [1.807, 2.05) is 26.0 Å². The van der Waals surface area contributed by atoms with E-state index in [-0.39, 0.29) is 29.5 Å². The van der Waals surface area contributed by atoms with Crippen molar-refractivity contribution in [2.75, 3.05) is 51.8 Å². The largest absolute Gasteiger partial charge is 0.496 e. The van der Waals surface area contributed by atoms with Crippen molar-refractivity contribution in [2.45, 2.75) is 51.1 Å². The van der Waals surface area contributed by atoms with Gasteiger partial charge in [-0.15, -0.1) is 0 Å². The van der Waals surface area contributed by atoms with E-state index in [9.17, 15) is 4.79 Å². The summed E-state index contributed by atoms with van der Waals surface area (Å²) < 4.78 is 35.9. The third-order valence-electron chi connectivity index (χ3n) is 8.25. The van der Waals surface area contributed by atoms with Gasteiger partial charge in [-0.05, 0) is 43.3 Å². The number of carbonyl (C=O) groups excluding carboxylic acids is 1. The van der Waals surface area contributed by atoms with Gasteiger partial charge < -0.3 is 30.5 Å². The standard InChI is InChI=1S/C29H41F2N7O2/c1-17(2)32-15-18-11-22(30)27(23(31)12-18)24-14-21-25(16-33-24)35-36-28(21)34-29(39)20-6-5-19(13-26(20)40-4)38-9-7-37(3)8-10-38/h5-6,11-13,17,21,24-25,28,32-33,35-36H,7-10,14-16H2,1-4H3,(H,34,39). The molecular weight excluding hydrogens is 516 g/mol. The molecule has 0 aromatic heterocycles. The Morgan fingerprint density at radius 3 is 2.50 bits per heavy atom. The molecule has 218 valence electrons. The maximum absolute atomic E-state index is 15.1. The number of methoxy groups -OCH3 is 1. The number of fused-ring (bicyclic) bond motifs is 1. The van der Waals surface area contributed by atoms with Crippen LogP contribution in [-0.4, -0.2) is 75.9 Å². The molecule has 3 aliphatic heterocycles. The van der Waals surface area contributed by atoms with Crippen molar-refractivity contribution >= 4 is 11.6 Å². The van der Waals surface area contributed by atoms with Crippen molar-refractivity contribution in [1.82, 2.24) is 31.7 Å². The molecule has 5 rings (SSSR count). The van der Waals surface area contributed by atoms with Gasteiger partial charge in [0, 0.05) is 80.6 Å². The first kappa shape index (κ1) is 28.7. The second-order valence-electron chi connectivity index (χ2n) is 11.4. The normalized spacial score (nSPS) is 25.2. The van der Waals surface area contributed by atoms with Gasteiger partial charge in [-0.25, -0.2) is 14.2 Å². The first-order valence-corrected chi connectivity index (χ1v) is 14.1. The predicted molar refractivity (Wildman–Crippen MR) is 151 cm³/mol. The van der Waals surface area contributed by atoms with Crippen LogP contribution < -0.4 is 36.4 Å². The molecule has 4 unspecified atom stereocenters. The Kier molecular flexibility index (Phi) is 8.86. The van der Waals surface area contributed by atoms with E-state index in [1.165, 1.54) is 12.1 Å². The van der Waals surface area contributed by atoms with E-state index in [4.69, 9.17) is 4.74 Å². The lowest BCUT2D eigenvalue weighted by atomic mass is 9.84. The highest BCUT2D eigenvalue weighted by molar-refractivity contribution is 5.97. The van der Waals surface area contributed by atoms with Crippen LogP contribution in [0.1, 0.15) is 47.8 Å². The summed E-state index contributed by atoms with van der Waals surface area (Å²) in [6, 6.07) is 8.19. The fourth-order valence-corrected chi connectivity index (χ4v) is 5.88. The van der Waals surface area contributed by atoms with Crippen LogP contribution in [0.2, 0.25) is 0 Å². The Hall–Kier alpha value is -2.83. The number of carbonyl (C=O) groups is 1. The van der Waals surface area contributed by atoms with Crippen LogP contribution in [0.25, 0.3) is 0 Å². The molecule has 40 heavy (non-hydrogen) atoms. The van der Waals surface area contributed by atoms with E-state index >= 15 is 8.78 Å². The maximum Gasteiger partial charge on any atom is 0.256 e. The highest BCUT2D eigenvalue weighted by Crippen LogP contribution is 2.34. The smallest absolute Gasteiger partial charge is 0.256 e. The molecule has 4 atom stereocenters. The van der Waals surface area contributed by atoms with Crippen LogP contribution in [0.4, 0.5) is 14.5 Å². The van der Waals surface area contributed by atoms with Gasteiger partial charge >= 0.3 is 0 Å². The number of hydrogen-bond acceptors (Lipinski definition) is 8. The molecule has 3 fully saturated rings. The van der Waals surface area contributed by atoms with Crippen LogP contribution in [0.15, 0.2) is 30.3 Å². The lowest BCUT2D eigenvalue weighted by molar-refractivity contribution is 0.0910. The number of benzene rings is 2. The molecule has 2 aromatic carbocycles. The van der Waals surface area contributed by atoms with Gasteiger partial charge in [0.15, 0.2) is 0 Å². The molecular formula is C29H41F2N7O2. The summed E-state index contributed by atoms with van der Waals surface area (Å²) in [5.74, 6) is -0.943. The van der Waals surface area contributed by atoms with Crippen LogP contribution in [-0.2, 0) is 6.54 Å². The third kappa shape index (κ3) is 6.23. The van der Waals surface area contributed by atoms with Crippen LogP contribution in [0.5, 0.6) is 5.75 Å². The maximum atomic E-state index is 15.1. The van der Waals surface area contributed by atoms with E-state index in [0.717, 1.165) is 31.9 Å². The van der Waals surface area contributed by atoms with Crippen molar-refractivity contribution < 1.29 is 18.3 Å². The van der Waals surface area contributed by atoms with E-state index in [2.05, 4.69) is 43.6 Å². The number of halogens is 2. The molecule has 0 spiro atoms. The van der Waals surface area contributed by atoms with Gasteiger partial charge in [0.05, 0.1) is 18.8 Å². The highest BCUT2D eigenvalue weighted by Gasteiger charge is 2.42. The Morgan fingerprint density at radius 2 is 1.82 bits per heavy atom. The summed E-state index contributed by atoms with van der Waals surface area (Å²) in [5, 5.41) is 9.55. The van der Waals surface area contributed by atoms with Gasteiger partial charge in [0.25, 0.3) is 5.91 Å². The zero-order valence-corrected chi connectivity index (χ0v) is 23.7. The molecule has 1 amide bonds. The van der Waals surface area contributed by atoms with Crippen molar-refractivity contribution in [1.29, 1.82) is 0 Å². The summed E-state index contributed by atoms with van der Waals surface area (Å²) in [4.78, 5) is 18.0. The quantitative estimate of drug-likeness (QED) is 0.337. The van der Waals surface area contributed by atoms with Crippen LogP contribution in [0.3, 0.4) is 0 Å². The number of hydrogen-bond donors (Lipinski definition) is 5. The minimum Gasteiger partial charge on any atom is -0.496 e. The molecule has 0 bridgehead atoms. The lowest BCUT2D eigenvalue weighted by Gasteiger charge is -2.35. The number of anilines is 1. The highest BCUT2D eigenvalue weighted by atomic mass is 19.1. The summed E-state index contributed by atoms with van der Waals surface area (Å²) in [6.07, 6.45) is 0.0386. The van der Waals surface area contributed by atoms with Gasteiger partial charge in [0.2, 0.25) is 0 Å². The Labute approximate surface area is 235 Å². The molecule has 0 aliphatic carbocycles. The Morgan fingerprint density at radius 1 is 1.10 bits per heavy atom. The van der Waals surface area contributed by atoms with Gasteiger partial charge in [-0.1, -0.05) is 13.8 Å². The zero-order valence-electron chi connectivity index (χ0n) is 23.7. The van der Waals surface area contributed by atoms with Crippen molar-refractivity contribution in [3.05, 3.63) is 58.7 Å². The first-order valence-electron chi connectivity index (χ1n) is 14.1. The summed E-state index contributed by atoms with van der Waals surface area (Å²) in [5.41, 5.74) is 8.48. The number of nitrogens with zero attached hydrogens (tertiary/aromatic N) is 2. The van der Waals surface area contributed by atoms with Crippen molar-refractivity contribution in [3.63, 3.8) is 0 Å². The van der Waals surface area contributed by atoms with E-state index < -0.39 is 23.8 Å². The molecule has 3 aliphatic rings. The lowest BCUT2D eigenvalue weighted by Crippen LogP contribution is -2.50. The monoisotopic (exact) mass is 557 g/mol. The number of rotatable bonds is 8. The van der Waals surface area contributed by atoms with Crippen molar-refractivity contribution in [2.24, 2.45) is 5.92 Å². The fourth-order valence-electron chi connectivity index (χ4n) is 5.88. The van der Waals surface area contributed by atoms with E-state index in [1.54, 1.807) is 13.2 Å². The van der Waals surface area contributed by atoms with Gasteiger partial charge in [-0.3, -0.25) is 10.2 Å². The number of piperidine rings is 1. The topological polar surface area (TPSA) is 92.9 Å². The Bertz CT molecular complexity index is 1180. The average molecular weight is 558 g/mol.